The van der Waals surface area contributed by atoms with E-state index >= 15 is 0 Å². The van der Waals surface area contributed by atoms with Crippen LogP contribution < -0.4 is 16.0 Å². The van der Waals surface area contributed by atoms with Gasteiger partial charge in [-0.2, -0.15) is 0 Å². The largest absolute Gasteiger partial charge is 0.383 e. The lowest BCUT2D eigenvalue weighted by Gasteiger charge is -2.21. The Morgan fingerprint density at radius 2 is 2.00 bits per heavy atom. The first-order chi connectivity index (χ1) is 7.74. The molecule has 1 amide bonds. The van der Waals surface area contributed by atoms with E-state index in [0.717, 1.165) is 0 Å². The summed E-state index contributed by atoms with van der Waals surface area (Å²) in [5, 5.41) is 9.16. The van der Waals surface area contributed by atoms with Crippen molar-refractivity contribution in [2.45, 2.75) is 39.3 Å². The first-order valence-corrected chi connectivity index (χ1v) is 5.99. The molecule has 1 unspecified atom stereocenters. The van der Waals surface area contributed by atoms with E-state index in [9.17, 15) is 4.79 Å². The molecule has 1 atom stereocenters. The van der Waals surface area contributed by atoms with Crippen LogP contribution in [0.15, 0.2) is 0 Å². The van der Waals surface area contributed by atoms with Crippen molar-refractivity contribution in [1.29, 1.82) is 0 Å². The van der Waals surface area contributed by atoms with Gasteiger partial charge in [0.1, 0.15) is 0 Å². The second-order valence-corrected chi connectivity index (χ2v) is 5.39. The number of thiocarbonyl (C=S) groups is 1. The van der Waals surface area contributed by atoms with Crippen LogP contribution in [0.25, 0.3) is 0 Å². The van der Waals surface area contributed by atoms with E-state index in [4.69, 9.17) is 17.0 Å². The van der Waals surface area contributed by atoms with Crippen LogP contribution in [0.5, 0.6) is 0 Å². The molecule has 5 nitrogen and oxygen atoms in total. The van der Waals surface area contributed by atoms with Crippen LogP contribution in [0.2, 0.25) is 0 Å². The zero-order valence-corrected chi connectivity index (χ0v) is 12.0. The fourth-order valence-corrected chi connectivity index (χ4v) is 1.46. The molecule has 0 aromatic heterocycles. The molecule has 0 spiro atoms. The SMILES string of the molecule is COCC(C)NC(=S)NCC(=O)NC(C)(C)C. The van der Waals surface area contributed by atoms with Gasteiger partial charge in [0.2, 0.25) is 5.91 Å². The highest BCUT2D eigenvalue weighted by molar-refractivity contribution is 7.80. The minimum absolute atomic E-state index is 0.0824. The van der Waals surface area contributed by atoms with Crippen LogP contribution in [0.1, 0.15) is 27.7 Å². The van der Waals surface area contributed by atoms with Crippen molar-refractivity contribution in [2.75, 3.05) is 20.3 Å². The summed E-state index contributed by atoms with van der Waals surface area (Å²) >= 11 is 5.05. The van der Waals surface area contributed by atoms with Crippen LogP contribution in [0.3, 0.4) is 0 Å². The third-order valence-electron chi connectivity index (χ3n) is 1.72. The Bertz CT molecular complexity index is 264. The van der Waals surface area contributed by atoms with E-state index in [1.54, 1.807) is 7.11 Å². The highest BCUT2D eigenvalue weighted by Crippen LogP contribution is 1.97. The van der Waals surface area contributed by atoms with E-state index in [1.807, 2.05) is 27.7 Å². The van der Waals surface area contributed by atoms with Gasteiger partial charge in [-0.05, 0) is 39.9 Å². The van der Waals surface area contributed by atoms with Gasteiger partial charge in [-0.15, -0.1) is 0 Å². The molecule has 100 valence electrons. The molecule has 0 bridgehead atoms. The van der Waals surface area contributed by atoms with Crippen molar-refractivity contribution in [1.82, 2.24) is 16.0 Å². The lowest BCUT2D eigenvalue weighted by Crippen LogP contribution is -2.49. The Kier molecular flexibility index (Phi) is 7.06. The first kappa shape index (κ1) is 16.1. The number of rotatable bonds is 5. The van der Waals surface area contributed by atoms with Gasteiger partial charge < -0.3 is 20.7 Å². The first-order valence-electron chi connectivity index (χ1n) is 5.59. The predicted molar refractivity (Wildman–Crippen MR) is 73.0 cm³/mol. The van der Waals surface area contributed by atoms with E-state index in [2.05, 4.69) is 16.0 Å². The molecule has 0 saturated heterocycles. The molecule has 0 aliphatic rings. The van der Waals surface area contributed by atoms with Crippen LogP contribution in [-0.2, 0) is 9.53 Å². The lowest BCUT2D eigenvalue weighted by molar-refractivity contribution is -0.121. The summed E-state index contributed by atoms with van der Waals surface area (Å²) < 4.78 is 4.97. The maximum atomic E-state index is 11.5. The standard InChI is InChI=1S/C11H23N3O2S/c1-8(7-16-5)13-10(17)12-6-9(15)14-11(2,3)4/h8H,6-7H2,1-5H3,(H,14,15)(H2,12,13,17). The second-order valence-electron chi connectivity index (χ2n) is 4.98. The summed E-state index contributed by atoms with van der Waals surface area (Å²) in [5.74, 6) is -0.0824. The van der Waals surface area contributed by atoms with Crippen molar-refractivity contribution >= 4 is 23.2 Å². The number of hydrogen-bond acceptors (Lipinski definition) is 3. The highest BCUT2D eigenvalue weighted by Gasteiger charge is 2.13. The molecule has 0 saturated carbocycles. The normalized spacial score (nSPS) is 12.8. The summed E-state index contributed by atoms with van der Waals surface area (Å²) in [6.07, 6.45) is 0. The molecule has 17 heavy (non-hydrogen) atoms. The Labute approximate surface area is 109 Å². The van der Waals surface area contributed by atoms with Crippen LogP contribution in [0, 0.1) is 0 Å². The average molecular weight is 261 g/mol. The zero-order chi connectivity index (χ0) is 13.5. The Hall–Kier alpha value is -0.880. The van der Waals surface area contributed by atoms with Crippen molar-refractivity contribution in [3.8, 4) is 0 Å². The van der Waals surface area contributed by atoms with Gasteiger partial charge in [-0.1, -0.05) is 0 Å². The van der Waals surface area contributed by atoms with Crippen molar-refractivity contribution in [3.63, 3.8) is 0 Å². The average Bonchev–Trinajstić information content (AvgIpc) is 2.12. The fraction of sp³-hybridized carbons (Fsp3) is 0.818. The molecule has 0 aliphatic heterocycles. The summed E-state index contributed by atoms with van der Waals surface area (Å²) in [6.45, 7) is 8.48. The molecule has 6 heteroatoms. The Morgan fingerprint density at radius 3 is 2.47 bits per heavy atom. The molecular formula is C11H23N3O2S. The van der Waals surface area contributed by atoms with Crippen molar-refractivity contribution in [3.05, 3.63) is 0 Å². The third kappa shape index (κ3) is 10.0. The summed E-state index contributed by atoms with van der Waals surface area (Å²) in [7, 11) is 1.63. The number of hydrogen-bond donors (Lipinski definition) is 3. The monoisotopic (exact) mass is 261 g/mol. The number of nitrogens with one attached hydrogen (secondary N) is 3. The molecule has 0 aliphatic carbocycles. The van der Waals surface area contributed by atoms with E-state index in [-0.39, 0.29) is 24.0 Å². The number of carbonyl (C=O) groups is 1. The van der Waals surface area contributed by atoms with Gasteiger partial charge in [-0.25, -0.2) is 0 Å². The van der Waals surface area contributed by atoms with Gasteiger partial charge in [-0.3, -0.25) is 4.79 Å². The highest BCUT2D eigenvalue weighted by atomic mass is 32.1. The van der Waals surface area contributed by atoms with Gasteiger partial charge in [0, 0.05) is 18.7 Å². The number of amides is 1. The van der Waals surface area contributed by atoms with Crippen molar-refractivity contribution < 1.29 is 9.53 Å². The minimum Gasteiger partial charge on any atom is -0.383 e. The second kappa shape index (κ2) is 7.45. The van der Waals surface area contributed by atoms with E-state index in [1.165, 1.54) is 0 Å². The number of ether oxygens (including phenoxy) is 1. The predicted octanol–water partition coefficient (Wildman–Crippen LogP) is 0.400. The smallest absolute Gasteiger partial charge is 0.239 e. The quantitative estimate of drug-likeness (QED) is 0.625. The zero-order valence-electron chi connectivity index (χ0n) is 11.2. The number of carbonyl (C=O) groups excluding carboxylic acids is 1. The van der Waals surface area contributed by atoms with Crippen LogP contribution in [0.4, 0.5) is 0 Å². The van der Waals surface area contributed by atoms with Crippen molar-refractivity contribution in [2.24, 2.45) is 0 Å². The third-order valence-corrected chi connectivity index (χ3v) is 1.98. The minimum atomic E-state index is -0.225. The summed E-state index contributed by atoms with van der Waals surface area (Å²) in [4.78, 5) is 11.5. The molecule has 0 aromatic carbocycles. The lowest BCUT2D eigenvalue weighted by atomic mass is 10.1. The molecule has 0 fully saturated rings. The maximum Gasteiger partial charge on any atom is 0.239 e. The molecule has 0 rings (SSSR count). The topological polar surface area (TPSA) is 62.4 Å². The molecule has 0 aromatic rings. The maximum absolute atomic E-state index is 11.5. The van der Waals surface area contributed by atoms with Gasteiger partial charge >= 0.3 is 0 Å². The van der Waals surface area contributed by atoms with E-state index < -0.39 is 0 Å². The molecule has 0 radical (unpaired) electrons. The van der Waals surface area contributed by atoms with Gasteiger partial charge in [0.15, 0.2) is 5.11 Å². The number of methoxy groups -OCH3 is 1. The molecular weight excluding hydrogens is 238 g/mol. The molecule has 0 heterocycles. The Balaban J connectivity index is 3.81. The van der Waals surface area contributed by atoms with Gasteiger partial charge in [0.25, 0.3) is 0 Å². The molecule has 3 N–H and O–H groups in total. The fourth-order valence-electron chi connectivity index (χ4n) is 1.19. The Morgan fingerprint density at radius 1 is 1.41 bits per heavy atom. The van der Waals surface area contributed by atoms with Crippen LogP contribution >= 0.6 is 12.2 Å². The van der Waals surface area contributed by atoms with E-state index in [0.29, 0.717) is 11.7 Å². The van der Waals surface area contributed by atoms with Gasteiger partial charge in [0.05, 0.1) is 13.2 Å². The summed E-state index contributed by atoms with van der Waals surface area (Å²) in [6, 6.07) is 0.116. The van der Waals surface area contributed by atoms with Crippen LogP contribution in [-0.4, -0.2) is 42.9 Å². The summed E-state index contributed by atoms with van der Waals surface area (Å²) in [5.41, 5.74) is -0.225.